The van der Waals surface area contributed by atoms with Crippen molar-refractivity contribution in [3.05, 3.63) is 58.3 Å². The number of carboxylic acid groups (broad SMARTS) is 1. The van der Waals surface area contributed by atoms with E-state index in [9.17, 15) is 19.6 Å². The second-order valence-corrected chi connectivity index (χ2v) is 6.38. The first-order valence-electron chi connectivity index (χ1n) is 7.95. The molecule has 2 aromatic carbocycles. The van der Waals surface area contributed by atoms with Crippen LogP contribution in [-0.4, -0.2) is 23.2 Å². The number of ether oxygens (including phenoxy) is 1. The number of methoxy groups -OCH3 is 1. The van der Waals surface area contributed by atoms with Crippen LogP contribution in [0.25, 0.3) is 21.7 Å². The van der Waals surface area contributed by atoms with Crippen LogP contribution in [0, 0.1) is 24.1 Å². The average Bonchev–Trinajstić information content (AvgIpc) is 3.03. The van der Waals surface area contributed by atoms with E-state index in [1.807, 2.05) is 6.07 Å². The number of benzene rings is 2. The molecular formula is C19H13FN2O3S. The van der Waals surface area contributed by atoms with Crippen LogP contribution in [0.2, 0.25) is 0 Å². The fourth-order valence-electron chi connectivity index (χ4n) is 2.49. The van der Waals surface area contributed by atoms with E-state index in [-0.39, 0.29) is 27.8 Å². The van der Waals surface area contributed by atoms with Gasteiger partial charge in [0.05, 0.1) is 25.8 Å². The molecule has 0 saturated carbocycles. The Kier molecular flexibility index (Phi) is 4.33. The van der Waals surface area contributed by atoms with Crippen molar-refractivity contribution in [2.24, 2.45) is 0 Å². The minimum atomic E-state index is -1.08. The Morgan fingerprint density at radius 1 is 1.38 bits per heavy atom. The predicted octanol–water partition coefficient (Wildman–Crippen LogP) is 4.50. The van der Waals surface area contributed by atoms with E-state index < -0.39 is 11.8 Å². The number of carboxylic acids is 1. The zero-order valence-corrected chi connectivity index (χ0v) is 14.6. The van der Waals surface area contributed by atoms with Crippen molar-refractivity contribution < 1.29 is 20.4 Å². The first kappa shape index (κ1) is 16.2. The van der Waals surface area contributed by atoms with Gasteiger partial charge in [0.1, 0.15) is 9.88 Å². The fraction of sp³-hybridized carbons (Fsp3) is 0.105. The molecule has 130 valence electrons. The number of rotatable bonds is 4. The van der Waals surface area contributed by atoms with Gasteiger partial charge in [0, 0.05) is 5.56 Å². The molecule has 0 unspecified atom stereocenters. The van der Waals surface area contributed by atoms with Gasteiger partial charge in [0.15, 0.2) is 11.6 Å². The Balaban J connectivity index is 2.14. The predicted molar refractivity (Wildman–Crippen MR) is 95.9 cm³/mol. The highest BCUT2D eigenvalue weighted by Crippen LogP contribution is 2.33. The summed E-state index contributed by atoms with van der Waals surface area (Å²) >= 11 is 0.978. The lowest BCUT2D eigenvalue weighted by Gasteiger charge is -2.08. The number of thiazole rings is 1. The molecule has 1 heterocycles. The number of halogens is 1. The molecule has 0 spiro atoms. The number of aromatic carboxylic acids is 1. The van der Waals surface area contributed by atoms with Crippen LogP contribution in [0.3, 0.4) is 0 Å². The number of nitriles is 1. The largest absolute Gasteiger partial charge is 0.494 e. The fourth-order valence-corrected chi connectivity index (χ4v) is 3.38. The normalized spacial score (nSPS) is 10.9. The summed E-state index contributed by atoms with van der Waals surface area (Å²) in [5.74, 6) is -1.60. The van der Waals surface area contributed by atoms with E-state index in [0.29, 0.717) is 21.8 Å². The Labute approximate surface area is 154 Å². The van der Waals surface area contributed by atoms with E-state index in [2.05, 4.69) is 4.98 Å². The van der Waals surface area contributed by atoms with Gasteiger partial charge in [-0.2, -0.15) is 5.26 Å². The van der Waals surface area contributed by atoms with Crippen LogP contribution >= 0.6 is 11.3 Å². The standard InChI is InChI=1S/C19H13FN2O3S/c1-10-17(19(23)24)26-18(22-10)12-3-5-14(13(7-12)9-21)11-4-6-16(25-2)15(20)8-11/h3-8H,1-2H3,(H,23,24)/i5D. The van der Waals surface area contributed by atoms with Crippen molar-refractivity contribution in [1.29, 1.82) is 5.26 Å². The van der Waals surface area contributed by atoms with E-state index in [0.717, 1.165) is 11.3 Å². The third kappa shape index (κ3) is 3.15. The van der Waals surface area contributed by atoms with E-state index in [4.69, 9.17) is 6.11 Å². The molecule has 0 aliphatic rings. The van der Waals surface area contributed by atoms with E-state index in [1.165, 1.54) is 31.4 Å². The molecule has 0 fully saturated rings. The summed E-state index contributed by atoms with van der Waals surface area (Å²) in [7, 11) is 1.35. The Hall–Kier alpha value is -3.24. The topological polar surface area (TPSA) is 83.2 Å². The molecule has 3 aromatic rings. The van der Waals surface area contributed by atoms with Crippen molar-refractivity contribution in [1.82, 2.24) is 4.98 Å². The Morgan fingerprint density at radius 3 is 2.73 bits per heavy atom. The van der Waals surface area contributed by atoms with Gasteiger partial charge in [0.25, 0.3) is 0 Å². The molecule has 3 rings (SSSR count). The zero-order valence-electron chi connectivity index (χ0n) is 14.8. The van der Waals surface area contributed by atoms with Crippen LogP contribution in [0.15, 0.2) is 36.4 Å². The summed E-state index contributed by atoms with van der Waals surface area (Å²) in [6.45, 7) is 1.59. The molecule has 0 aliphatic heterocycles. The van der Waals surface area contributed by atoms with Gasteiger partial charge in [-0.3, -0.25) is 0 Å². The van der Waals surface area contributed by atoms with Gasteiger partial charge in [0.2, 0.25) is 0 Å². The lowest BCUT2D eigenvalue weighted by Crippen LogP contribution is -1.94. The molecule has 5 nitrogen and oxygen atoms in total. The van der Waals surface area contributed by atoms with Gasteiger partial charge >= 0.3 is 5.97 Å². The molecule has 7 heteroatoms. The first-order chi connectivity index (χ1) is 12.8. The number of hydrogen-bond acceptors (Lipinski definition) is 5. The summed E-state index contributed by atoms with van der Waals surface area (Å²) in [4.78, 5) is 15.5. The molecule has 1 aromatic heterocycles. The zero-order chi connectivity index (χ0) is 19.7. The van der Waals surface area contributed by atoms with Crippen molar-refractivity contribution >= 4 is 17.3 Å². The summed E-state index contributed by atoms with van der Waals surface area (Å²) in [5.41, 5.74) is 1.67. The number of carbonyl (C=O) groups is 1. The minimum Gasteiger partial charge on any atom is -0.494 e. The maximum absolute atomic E-state index is 14.0. The second kappa shape index (κ2) is 6.94. The molecule has 0 bridgehead atoms. The quantitative estimate of drug-likeness (QED) is 0.732. The number of hydrogen-bond donors (Lipinski definition) is 1. The summed E-state index contributed by atoms with van der Waals surface area (Å²) < 4.78 is 27.2. The molecule has 0 amide bonds. The molecule has 0 saturated heterocycles. The second-order valence-electron chi connectivity index (χ2n) is 5.38. The smallest absolute Gasteiger partial charge is 0.347 e. The van der Waals surface area contributed by atoms with Gasteiger partial charge in [-0.1, -0.05) is 18.2 Å². The van der Waals surface area contributed by atoms with Crippen LogP contribution in [0.5, 0.6) is 5.75 Å². The summed E-state index contributed by atoms with van der Waals surface area (Å²) in [6.07, 6.45) is 0. The minimum absolute atomic E-state index is 0.0124. The summed E-state index contributed by atoms with van der Waals surface area (Å²) in [6, 6.07) is 9.27. The van der Waals surface area contributed by atoms with Crippen LogP contribution < -0.4 is 4.74 Å². The highest BCUT2D eigenvalue weighted by atomic mass is 32.1. The van der Waals surface area contributed by atoms with Gasteiger partial charge < -0.3 is 9.84 Å². The van der Waals surface area contributed by atoms with Crippen molar-refractivity contribution in [3.8, 4) is 33.5 Å². The first-order valence-corrected chi connectivity index (χ1v) is 8.27. The maximum atomic E-state index is 14.0. The van der Waals surface area contributed by atoms with E-state index >= 15 is 0 Å². The van der Waals surface area contributed by atoms with Crippen molar-refractivity contribution in [2.75, 3.05) is 7.11 Å². The van der Waals surface area contributed by atoms with Gasteiger partial charge in [-0.15, -0.1) is 11.3 Å². The van der Waals surface area contributed by atoms with Crippen LogP contribution in [-0.2, 0) is 0 Å². The Morgan fingerprint density at radius 2 is 2.15 bits per heavy atom. The van der Waals surface area contributed by atoms with Crippen LogP contribution in [0.4, 0.5) is 4.39 Å². The maximum Gasteiger partial charge on any atom is 0.347 e. The highest BCUT2D eigenvalue weighted by molar-refractivity contribution is 7.17. The highest BCUT2D eigenvalue weighted by Gasteiger charge is 2.16. The van der Waals surface area contributed by atoms with Gasteiger partial charge in [-0.25, -0.2) is 14.2 Å². The average molecular weight is 369 g/mol. The SMILES string of the molecule is [2H]c1cc(-c2nc(C)c(C(=O)O)s2)cc(C#N)c1-c1ccc(OC)c(F)c1. The van der Waals surface area contributed by atoms with Crippen LogP contribution in [0.1, 0.15) is 22.3 Å². The van der Waals surface area contributed by atoms with Gasteiger partial charge in [-0.05, 0) is 36.2 Å². The number of nitrogens with zero attached hydrogens (tertiary/aromatic N) is 2. The number of aromatic nitrogens is 1. The third-order valence-electron chi connectivity index (χ3n) is 3.74. The molecule has 1 N–H and O–H groups in total. The van der Waals surface area contributed by atoms with Crippen molar-refractivity contribution in [2.45, 2.75) is 6.92 Å². The lowest BCUT2D eigenvalue weighted by atomic mass is 9.98. The summed E-state index contributed by atoms with van der Waals surface area (Å²) in [5, 5.41) is 19.1. The molecule has 0 radical (unpaired) electrons. The van der Waals surface area contributed by atoms with E-state index in [1.54, 1.807) is 13.0 Å². The molecule has 0 aliphatic carbocycles. The van der Waals surface area contributed by atoms with Crippen molar-refractivity contribution in [3.63, 3.8) is 0 Å². The molecule has 26 heavy (non-hydrogen) atoms. The number of aryl methyl sites for hydroxylation is 1. The Bertz CT molecular complexity index is 1110. The lowest BCUT2D eigenvalue weighted by molar-refractivity contribution is 0.0701. The molecule has 0 atom stereocenters. The molecular weight excluding hydrogens is 355 g/mol. The monoisotopic (exact) mass is 369 g/mol. The third-order valence-corrected chi connectivity index (χ3v) is 4.93.